The Morgan fingerprint density at radius 2 is 2.09 bits per heavy atom. The van der Waals surface area contributed by atoms with Gasteiger partial charge in [-0.15, -0.1) is 0 Å². The van der Waals surface area contributed by atoms with Crippen LogP contribution in [0.25, 0.3) is 0 Å². The Labute approximate surface area is 195 Å². The number of carbonyl (C=O) groups excluding carboxylic acids is 3. The molecule has 4 aliphatic rings. The van der Waals surface area contributed by atoms with E-state index in [4.69, 9.17) is 4.74 Å². The third-order valence-electron chi connectivity index (χ3n) is 7.92. The van der Waals surface area contributed by atoms with Crippen molar-refractivity contribution in [3.63, 3.8) is 0 Å². The molecule has 1 unspecified atom stereocenters. The molecule has 1 N–H and O–H groups in total. The summed E-state index contributed by atoms with van der Waals surface area (Å²) in [6.07, 6.45) is 4.18. The van der Waals surface area contributed by atoms with Crippen molar-refractivity contribution in [2.75, 3.05) is 38.2 Å². The second-order valence-electron chi connectivity index (χ2n) is 9.84. The van der Waals surface area contributed by atoms with Gasteiger partial charge in [-0.3, -0.25) is 19.3 Å². The first-order chi connectivity index (χ1) is 16.0. The molecular formula is C25H34N4O4. The first-order valence-electron chi connectivity index (χ1n) is 12.3. The predicted octanol–water partition coefficient (Wildman–Crippen LogP) is 1.64. The third kappa shape index (κ3) is 4.21. The molecular weight excluding hydrogens is 420 g/mol. The molecule has 0 radical (unpaired) electrons. The van der Waals surface area contributed by atoms with E-state index >= 15 is 0 Å². The number of carbonyl (C=O) groups is 3. The molecule has 1 aromatic carbocycles. The minimum Gasteiger partial charge on any atom is -0.497 e. The Balaban J connectivity index is 1.23. The van der Waals surface area contributed by atoms with Crippen molar-refractivity contribution in [1.29, 1.82) is 0 Å². The van der Waals surface area contributed by atoms with Crippen LogP contribution in [-0.4, -0.2) is 78.9 Å². The summed E-state index contributed by atoms with van der Waals surface area (Å²) >= 11 is 0. The Morgan fingerprint density at radius 3 is 2.88 bits per heavy atom. The van der Waals surface area contributed by atoms with Crippen molar-refractivity contribution in [3.05, 3.63) is 24.3 Å². The molecule has 178 valence electrons. The number of amides is 3. The van der Waals surface area contributed by atoms with Gasteiger partial charge in [0, 0.05) is 43.3 Å². The molecule has 8 nitrogen and oxygen atoms in total. The molecule has 0 aromatic heterocycles. The predicted molar refractivity (Wildman–Crippen MR) is 124 cm³/mol. The summed E-state index contributed by atoms with van der Waals surface area (Å²) in [5, 5.41) is 3.14. The van der Waals surface area contributed by atoms with E-state index in [0.29, 0.717) is 30.8 Å². The summed E-state index contributed by atoms with van der Waals surface area (Å²) in [5.74, 6) is 0.548. The fraction of sp³-hybridized carbons (Fsp3) is 0.640. The molecule has 33 heavy (non-hydrogen) atoms. The van der Waals surface area contributed by atoms with Crippen LogP contribution in [0.4, 0.5) is 5.69 Å². The van der Waals surface area contributed by atoms with Crippen LogP contribution in [0.3, 0.4) is 0 Å². The quantitative estimate of drug-likeness (QED) is 0.677. The van der Waals surface area contributed by atoms with E-state index in [0.717, 1.165) is 38.0 Å². The zero-order valence-electron chi connectivity index (χ0n) is 19.5. The van der Waals surface area contributed by atoms with Crippen molar-refractivity contribution in [3.8, 4) is 5.75 Å². The second kappa shape index (κ2) is 8.97. The maximum atomic E-state index is 13.5. The average molecular weight is 455 g/mol. The van der Waals surface area contributed by atoms with Gasteiger partial charge in [-0.25, -0.2) is 0 Å². The molecule has 8 heteroatoms. The van der Waals surface area contributed by atoms with Crippen LogP contribution >= 0.6 is 0 Å². The third-order valence-corrected chi connectivity index (χ3v) is 7.92. The highest BCUT2D eigenvalue weighted by Gasteiger charge is 2.57. The molecule has 4 fully saturated rings. The molecule has 0 spiro atoms. The van der Waals surface area contributed by atoms with Crippen LogP contribution in [0.5, 0.6) is 5.75 Å². The molecule has 3 heterocycles. The van der Waals surface area contributed by atoms with Gasteiger partial charge in [-0.2, -0.15) is 0 Å². The van der Waals surface area contributed by atoms with Gasteiger partial charge in [0.15, 0.2) is 0 Å². The van der Waals surface area contributed by atoms with Crippen molar-refractivity contribution in [1.82, 2.24) is 15.1 Å². The van der Waals surface area contributed by atoms with Crippen LogP contribution in [0, 0.1) is 11.8 Å². The van der Waals surface area contributed by atoms with Crippen LogP contribution in [0.1, 0.15) is 39.0 Å². The fourth-order valence-electron chi connectivity index (χ4n) is 6.00. The number of nitrogens with zero attached hydrogens (tertiary/aromatic N) is 3. The highest BCUT2D eigenvalue weighted by atomic mass is 16.5. The molecule has 3 saturated heterocycles. The molecule has 1 aliphatic carbocycles. The summed E-state index contributed by atoms with van der Waals surface area (Å²) in [6, 6.07) is 7.50. The molecule has 1 aromatic rings. The highest BCUT2D eigenvalue weighted by molar-refractivity contribution is 6.01. The van der Waals surface area contributed by atoms with Crippen LogP contribution in [0.15, 0.2) is 24.3 Å². The Kier molecular flexibility index (Phi) is 6.03. The number of likely N-dealkylation sites (tertiary alicyclic amines) is 2. The molecule has 0 bridgehead atoms. The number of anilines is 1. The number of nitrogens with one attached hydrogen (secondary N) is 1. The van der Waals surface area contributed by atoms with Crippen LogP contribution in [0.2, 0.25) is 0 Å². The summed E-state index contributed by atoms with van der Waals surface area (Å²) in [5.41, 5.74) is 0.742. The lowest BCUT2D eigenvalue weighted by atomic mass is 10.0. The highest BCUT2D eigenvalue weighted by Crippen LogP contribution is 2.49. The van der Waals surface area contributed by atoms with E-state index in [1.807, 2.05) is 29.2 Å². The van der Waals surface area contributed by atoms with Gasteiger partial charge in [0.25, 0.3) is 0 Å². The zero-order valence-corrected chi connectivity index (χ0v) is 19.5. The monoisotopic (exact) mass is 454 g/mol. The zero-order chi connectivity index (χ0) is 23.1. The Morgan fingerprint density at radius 1 is 1.24 bits per heavy atom. The average Bonchev–Trinajstić information content (AvgIpc) is 3.18. The van der Waals surface area contributed by atoms with E-state index in [2.05, 4.69) is 17.1 Å². The maximum absolute atomic E-state index is 13.5. The number of methoxy groups -OCH3 is 1. The van der Waals surface area contributed by atoms with Gasteiger partial charge in [0.05, 0.1) is 13.0 Å². The number of hydrogen-bond acceptors (Lipinski definition) is 5. The largest absolute Gasteiger partial charge is 0.497 e. The summed E-state index contributed by atoms with van der Waals surface area (Å²) in [4.78, 5) is 45.3. The van der Waals surface area contributed by atoms with Gasteiger partial charge in [0.1, 0.15) is 11.8 Å². The van der Waals surface area contributed by atoms with Crippen molar-refractivity contribution in [2.45, 2.75) is 57.2 Å². The van der Waals surface area contributed by atoms with Crippen molar-refractivity contribution in [2.24, 2.45) is 11.8 Å². The first-order valence-corrected chi connectivity index (χ1v) is 12.3. The minimum atomic E-state index is -0.413. The number of piperidine rings is 1. The van der Waals surface area contributed by atoms with Crippen LogP contribution < -0.4 is 15.0 Å². The lowest BCUT2D eigenvalue weighted by molar-refractivity contribution is -0.142. The molecule has 5 atom stereocenters. The summed E-state index contributed by atoms with van der Waals surface area (Å²) < 4.78 is 5.28. The Hall–Kier alpha value is -2.61. The standard InChI is InChI=1S/C25H34N4O4/c1-3-27-9-5-7-19(27)14-26-24(31)22-11-16-10-21(16)29(22)25(32)17-12-23(30)28(15-17)18-6-4-8-20(13-18)33-2/h4,6,8,13,16-17,19,21-22H,3,5,7,9-12,14-15H2,1-2H3,(H,26,31)/t16-,17?,19+,21-,22+/m1/s1. The van der Waals surface area contributed by atoms with Gasteiger partial charge >= 0.3 is 0 Å². The van der Waals surface area contributed by atoms with Crippen molar-refractivity contribution >= 4 is 23.4 Å². The minimum absolute atomic E-state index is 0.0347. The SMILES string of the molecule is CCN1CCC[C@H]1CNC(=O)[C@@H]1C[C@H]2C[C@H]2N1C(=O)C1CC(=O)N(c2cccc(OC)c2)C1. The number of ether oxygens (including phenoxy) is 1. The molecule has 1 saturated carbocycles. The first kappa shape index (κ1) is 22.2. The number of benzene rings is 1. The Bertz CT molecular complexity index is 937. The number of likely N-dealkylation sites (N-methyl/N-ethyl adjacent to an activating group) is 1. The fourth-order valence-corrected chi connectivity index (χ4v) is 6.00. The normalized spacial score (nSPS) is 31.1. The number of fused-ring (bicyclic) bond motifs is 1. The van der Waals surface area contributed by atoms with E-state index < -0.39 is 12.0 Å². The topological polar surface area (TPSA) is 82.2 Å². The molecule has 5 rings (SSSR count). The smallest absolute Gasteiger partial charge is 0.242 e. The van der Waals surface area contributed by atoms with Crippen molar-refractivity contribution < 1.29 is 19.1 Å². The van der Waals surface area contributed by atoms with E-state index in [-0.39, 0.29) is 30.2 Å². The maximum Gasteiger partial charge on any atom is 0.242 e. The van der Waals surface area contributed by atoms with Gasteiger partial charge in [-0.05, 0) is 56.8 Å². The van der Waals surface area contributed by atoms with E-state index in [1.54, 1.807) is 12.0 Å². The number of hydrogen-bond donors (Lipinski definition) is 1. The van der Waals surface area contributed by atoms with Crippen LogP contribution in [-0.2, 0) is 14.4 Å². The number of rotatable bonds is 7. The van der Waals surface area contributed by atoms with Gasteiger partial charge in [0.2, 0.25) is 17.7 Å². The van der Waals surface area contributed by atoms with E-state index in [1.165, 1.54) is 6.42 Å². The lowest BCUT2D eigenvalue weighted by Crippen LogP contribution is -2.51. The van der Waals surface area contributed by atoms with Gasteiger partial charge < -0.3 is 19.9 Å². The summed E-state index contributed by atoms with van der Waals surface area (Å²) in [6.45, 7) is 5.24. The molecule has 3 aliphatic heterocycles. The lowest BCUT2D eigenvalue weighted by Gasteiger charge is -2.30. The molecule has 3 amide bonds. The van der Waals surface area contributed by atoms with E-state index in [9.17, 15) is 14.4 Å². The second-order valence-corrected chi connectivity index (χ2v) is 9.84. The van der Waals surface area contributed by atoms with Gasteiger partial charge in [-0.1, -0.05) is 13.0 Å². The summed E-state index contributed by atoms with van der Waals surface area (Å²) in [7, 11) is 1.59.